The fourth-order valence-electron chi connectivity index (χ4n) is 3.78. The minimum Gasteiger partial charge on any atom is -0.483 e. The van der Waals surface area contributed by atoms with E-state index in [-0.39, 0.29) is 42.6 Å². The van der Waals surface area contributed by atoms with Gasteiger partial charge in [0, 0.05) is 38.3 Å². The van der Waals surface area contributed by atoms with E-state index in [0.29, 0.717) is 18.2 Å². The van der Waals surface area contributed by atoms with Crippen molar-refractivity contribution >= 4 is 18.3 Å². The first kappa shape index (κ1) is 23.8. The summed E-state index contributed by atoms with van der Waals surface area (Å²) in [6.45, 7) is 1.51. The van der Waals surface area contributed by atoms with Gasteiger partial charge in [-0.05, 0) is 44.2 Å². The number of carboxylic acid groups (broad SMARTS) is 1. The number of rotatable bonds is 6. The van der Waals surface area contributed by atoms with Crippen molar-refractivity contribution < 1.29 is 33.8 Å². The molecule has 2 fully saturated rings. The molecule has 10 nitrogen and oxygen atoms in total. The van der Waals surface area contributed by atoms with Crippen molar-refractivity contribution in [1.29, 1.82) is 0 Å². The highest BCUT2D eigenvalue weighted by molar-refractivity contribution is 5.91. The molecule has 2 aliphatic rings. The van der Waals surface area contributed by atoms with Gasteiger partial charge in [-0.25, -0.2) is 0 Å². The van der Waals surface area contributed by atoms with Crippen LogP contribution in [-0.2, 0) is 20.9 Å². The Hall–Kier alpha value is -2.43. The normalized spacial score (nSPS) is 24.3. The topological polar surface area (TPSA) is 150 Å². The molecule has 2 amide bonds. The molecular weight excluding hydrogens is 394 g/mol. The maximum Gasteiger partial charge on any atom is 0.290 e. The zero-order valence-corrected chi connectivity index (χ0v) is 17.1. The van der Waals surface area contributed by atoms with E-state index in [4.69, 9.17) is 19.1 Å². The van der Waals surface area contributed by atoms with E-state index < -0.39 is 6.10 Å². The fourth-order valence-corrected chi connectivity index (χ4v) is 3.78. The molecule has 0 aromatic carbocycles. The van der Waals surface area contributed by atoms with E-state index in [1.807, 2.05) is 0 Å². The maximum absolute atomic E-state index is 12.4. The number of carbonyl (C=O) groups excluding carboxylic acids is 2. The summed E-state index contributed by atoms with van der Waals surface area (Å²) in [6.07, 6.45) is 3.38. The Morgan fingerprint density at radius 2 is 1.90 bits per heavy atom. The first-order chi connectivity index (χ1) is 14.5. The van der Waals surface area contributed by atoms with Crippen molar-refractivity contribution in [2.75, 3.05) is 20.3 Å². The summed E-state index contributed by atoms with van der Waals surface area (Å²) in [5.74, 6) is 0.151. The van der Waals surface area contributed by atoms with Crippen LogP contribution >= 0.6 is 0 Å². The largest absolute Gasteiger partial charge is 0.483 e. The fraction of sp³-hybridized carbons (Fsp3) is 0.650. The Kier molecular flexibility index (Phi) is 9.78. The lowest BCUT2D eigenvalue weighted by molar-refractivity contribution is -0.128. The number of nitrogens with one attached hydrogen (secondary N) is 3. The third kappa shape index (κ3) is 7.12. The molecule has 1 saturated heterocycles. The Morgan fingerprint density at radius 1 is 1.20 bits per heavy atom. The number of aliphatic hydroxyl groups excluding tert-OH is 1. The summed E-state index contributed by atoms with van der Waals surface area (Å²) >= 11 is 0. The van der Waals surface area contributed by atoms with E-state index in [9.17, 15) is 14.7 Å². The minimum atomic E-state index is -0.527. The molecule has 2 heterocycles. The molecule has 0 spiro atoms. The average molecular weight is 425 g/mol. The second-order valence-corrected chi connectivity index (χ2v) is 7.41. The predicted molar refractivity (Wildman–Crippen MR) is 107 cm³/mol. The van der Waals surface area contributed by atoms with Crippen LogP contribution in [0.25, 0.3) is 0 Å². The number of aliphatic hydroxyl groups is 1. The third-order valence-electron chi connectivity index (χ3n) is 5.41. The Balaban J connectivity index is 0.00000101. The Morgan fingerprint density at radius 3 is 2.53 bits per heavy atom. The van der Waals surface area contributed by atoms with Crippen LogP contribution in [0.2, 0.25) is 0 Å². The van der Waals surface area contributed by atoms with Gasteiger partial charge in [0.1, 0.15) is 5.76 Å². The predicted octanol–water partition coefficient (Wildman–Crippen LogP) is 0.254. The monoisotopic (exact) mass is 425 g/mol. The average Bonchev–Trinajstić information content (AvgIpc) is 3.23. The van der Waals surface area contributed by atoms with Crippen LogP contribution in [-0.4, -0.2) is 66.9 Å². The van der Waals surface area contributed by atoms with Crippen molar-refractivity contribution in [3.63, 3.8) is 0 Å². The molecule has 1 aromatic rings. The van der Waals surface area contributed by atoms with E-state index >= 15 is 0 Å². The Bertz CT molecular complexity index is 688. The molecule has 0 unspecified atom stereocenters. The number of hydrogen-bond donors (Lipinski definition) is 5. The second-order valence-electron chi connectivity index (χ2n) is 7.41. The van der Waals surface area contributed by atoms with E-state index in [1.165, 1.54) is 7.05 Å². The van der Waals surface area contributed by atoms with Crippen molar-refractivity contribution in [2.24, 2.45) is 5.92 Å². The van der Waals surface area contributed by atoms with Crippen LogP contribution in [0.15, 0.2) is 16.5 Å². The highest BCUT2D eigenvalue weighted by Crippen LogP contribution is 2.26. The summed E-state index contributed by atoms with van der Waals surface area (Å²) in [4.78, 5) is 32.3. The summed E-state index contributed by atoms with van der Waals surface area (Å²) in [6, 6.07) is 3.68. The van der Waals surface area contributed by atoms with Crippen LogP contribution in [0.3, 0.4) is 0 Å². The van der Waals surface area contributed by atoms with Gasteiger partial charge in [0.05, 0.1) is 12.6 Å². The van der Waals surface area contributed by atoms with Crippen LogP contribution in [0, 0.1) is 5.92 Å². The van der Waals surface area contributed by atoms with Gasteiger partial charge in [0.15, 0.2) is 5.76 Å². The first-order valence-electron chi connectivity index (χ1n) is 10.2. The SMILES string of the molecule is CNC(=O)c1ccc(CNC(=O)[C@H]2CC[C@H](NC3CCOCC3)[C@@H](O)C2)o1.O=CO. The molecule has 30 heavy (non-hydrogen) atoms. The van der Waals surface area contributed by atoms with Gasteiger partial charge in [0.25, 0.3) is 12.4 Å². The summed E-state index contributed by atoms with van der Waals surface area (Å²) in [5, 5.41) is 26.2. The van der Waals surface area contributed by atoms with Crippen LogP contribution in [0.4, 0.5) is 0 Å². The standard InChI is InChI=1S/C19H29N3O5.CH2O2/c1-20-19(25)17-5-3-14(27-17)11-21-18(24)12-2-4-15(16(23)10-12)22-13-6-8-26-9-7-13;2-1-3/h3,5,12-13,15-16,22-23H,2,4,6-11H2,1H3,(H,20,25)(H,21,24);1H,(H,2,3)/t12-,15-,16-;/m0./s1. The molecule has 1 saturated carbocycles. The maximum atomic E-state index is 12.4. The molecule has 10 heteroatoms. The van der Waals surface area contributed by atoms with E-state index in [0.717, 1.165) is 38.9 Å². The number of hydrogen-bond acceptors (Lipinski definition) is 7. The van der Waals surface area contributed by atoms with Gasteiger partial charge < -0.3 is 35.3 Å². The molecule has 5 N–H and O–H groups in total. The molecule has 1 aliphatic heterocycles. The lowest BCUT2D eigenvalue weighted by Gasteiger charge is -2.36. The van der Waals surface area contributed by atoms with E-state index in [2.05, 4.69) is 16.0 Å². The van der Waals surface area contributed by atoms with Gasteiger partial charge >= 0.3 is 0 Å². The summed E-state index contributed by atoms with van der Waals surface area (Å²) in [7, 11) is 1.53. The molecule has 1 aliphatic carbocycles. The molecule has 1 aromatic heterocycles. The van der Waals surface area contributed by atoms with Gasteiger partial charge in [-0.2, -0.15) is 0 Å². The molecule has 0 bridgehead atoms. The minimum absolute atomic E-state index is 0.0392. The molecule has 168 valence electrons. The van der Waals surface area contributed by atoms with Gasteiger partial charge in [-0.1, -0.05) is 0 Å². The first-order valence-corrected chi connectivity index (χ1v) is 10.2. The number of ether oxygens (including phenoxy) is 1. The van der Waals surface area contributed by atoms with Crippen molar-refractivity contribution in [1.82, 2.24) is 16.0 Å². The molecule has 0 radical (unpaired) electrons. The van der Waals surface area contributed by atoms with Crippen molar-refractivity contribution in [3.8, 4) is 0 Å². The molecule has 3 rings (SSSR count). The van der Waals surface area contributed by atoms with Crippen LogP contribution < -0.4 is 16.0 Å². The van der Waals surface area contributed by atoms with Crippen LogP contribution in [0.5, 0.6) is 0 Å². The number of furan rings is 1. The van der Waals surface area contributed by atoms with E-state index in [1.54, 1.807) is 12.1 Å². The lowest BCUT2D eigenvalue weighted by Crippen LogP contribution is -2.51. The van der Waals surface area contributed by atoms with Crippen LogP contribution in [0.1, 0.15) is 48.4 Å². The van der Waals surface area contributed by atoms with Gasteiger partial charge in [-0.15, -0.1) is 0 Å². The summed E-state index contributed by atoms with van der Waals surface area (Å²) in [5.41, 5.74) is 0. The highest BCUT2D eigenvalue weighted by Gasteiger charge is 2.34. The molecule has 3 atom stereocenters. The number of amides is 2. The zero-order valence-electron chi connectivity index (χ0n) is 17.1. The highest BCUT2D eigenvalue weighted by atomic mass is 16.5. The smallest absolute Gasteiger partial charge is 0.290 e. The van der Waals surface area contributed by atoms with Gasteiger partial charge in [-0.3, -0.25) is 14.4 Å². The molecular formula is C20H31N3O7. The second kappa shape index (κ2) is 12.3. The zero-order chi connectivity index (χ0) is 21.9. The van der Waals surface area contributed by atoms with Crippen molar-refractivity contribution in [2.45, 2.75) is 56.8 Å². The van der Waals surface area contributed by atoms with Gasteiger partial charge in [0.2, 0.25) is 5.91 Å². The third-order valence-corrected chi connectivity index (χ3v) is 5.41. The lowest BCUT2D eigenvalue weighted by atomic mass is 9.82. The number of carbonyl (C=O) groups is 3. The summed E-state index contributed by atoms with van der Waals surface area (Å²) < 4.78 is 10.8. The quantitative estimate of drug-likeness (QED) is 0.407. The van der Waals surface area contributed by atoms with Crippen molar-refractivity contribution in [3.05, 3.63) is 23.7 Å². The Labute approximate surface area is 175 Å².